The topological polar surface area (TPSA) is 33.2 Å². The fourth-order valence-corrected chi connectivity index (χ4v) is 3.66. The van der Waals surface area contributed by atoms with Crippen LogP contribution in [-0.2, 0) is 4.79 Å². The van der Waals surface area contributed by atoms with Gasteiger partial charge in [0, 0.05) is 28.1 Å². The van der Waals surface area contributed by atoms with Crippen LogP contribution in [0, 0.1) is 6.92 Å². The van der Waals surface area contributed by atoms with Crippen LogP contribution in [0.5, 0.6) is 0 Å². The first kappa shape index (κ1) is 13.6. The highest BCUT2D eigenvalue weighted by atomic mass is 79.9. The molecule has 2 aromatic rings. The van der Waals surface area contributed by atoms with Crippen molar-refractivity contribution in [2.24, 2.45) is 0 Å². The predicted molar refractivity (Wildman–Crippen MR) is 85.8 cm³/mol. The van der Waals surface area contributed by atoms with E-state index in [4.69, 9.17) is 0 Å². The van der Waals surface area contributed by atoms with Gasteiger partial charge in [-0.15, -0.1) is 11.8 Å². The minimum absolute atomic E-state index is 0.0109. The van der Waals surface area contributed by atoms with Gasteiger partial charge in [-0.25, -0.2) is 0 Å². The largest absolute Gasteiger partial charge is 0.295 e. The van der Waals surface area contributed by atoms with Gasteiger partial charge in [0.2, 0.25) is 5.91 Å². The summed E-state index contributed by atoms with van der Waals surface area (Å²) in [4.78, 5) is 18.2. The minimum atomic E-state index is 0.0109. The average Bonchev–Trinajstić information content (AvgIpc) is 2.85. The van der Waals surface area contributed by atoms with Crippen molar-refractivity contribution in [2.45, 2.75) is 12.3 Å². The van der Waals surface area contributed by atoms with Crippen LogP contribution in [0.25, 0.3) is 0 Å². The molecule has 1 atom stereocenters. The first-order valence-corrected chi connectivity index (χ1v) is 8.11. The van der Waals surface area contributed by atoms with Crippen LogP contribution in [0.1, 0.15) is 16.5 Å². The van der Waals surface area contributed by atoms with Gasteiger partial charge in [-0.1, -0.05) is 22.0 Å². The molecule has 1 aliphatic rings. The molecule has 3 rings (SSSR count). The lowest BCUT2D eigenvalue weighted by Crippen LogP contribution is -2.27. The summed E-state index contributed by atoms with van der Waals surface area (Å²) in [7, 11) is 0. The van der Waals surface area contributed by atoms with E-state index in [0.29, 0.717) is 5.75 Å². The van der Waals surface area contributed by atoms with Crippen molar-refractivity contribution in [3.8, 4) is 0 Å². The number of hydrogen-bond acceptors (Lipinski definition) is 3. The fraction of sp³-hybridized carbons (Fsp3) is 0.200. The molecule has 0 spiro atoms. The molecular weight excluding hydrogens is 336 g/mol. The van der Waals surface area contributed by atoms with Gasteiger partial charge in [-0.2, -0.15) is 0 Å². The van der Waals surface area contributed by atoms with Gasteiger partial charge in [0.1, 0.15) is 5.37 Å². The van der Waals surface area contributed by atoms with E-state index in [0.717, 1.165) is 21.3 Å². The van der Waals surface area contributed by atoms with Crippen molar-refractivity contribution in [2.75, 3.05) is 10.7 Å². The van der Waals surface area contributed by atoms with E-state index in [9.17, 15) is 4.79 Å². The second-order valence-corrected chi connectivity index (χ2v) is 6.57. The molecule has 2 heterocycles. The number of nitrogens with zero attached hydrogens (tertiary/aromatic N) is 2. The summed E-state index contributed by atoms with van der Waals surface area (Å²) in [5.41, 5.74) is 3.12. The Morgan fingerprint density at radius 2 is 2.25 bits per heavy atom. The molecule has 1 fully saturated rings. The maximum Gasteiger partial charge on any atom is 0.238 e. The van der Waals surface area contributed by atoms with Gasteiger partial charge in [0.05, 0.1) is 5.75 Å². The molecule has 1 aromatic heterocycles. The number of carbonyl (C=O) groups excluding carboxylic acids is 1. The molecule has 0 radical (unpaired) electrons. The lowest BCUT2D eigenvalue weighted by Gasteiger charge is -2.24. The summed E-state index contributed by atoms with van der Waals surface area (Å²) in [6.07, 6.45) is 3.58. The lowest BCUT2D eigenvalue weighted by atomic mass is 10.2. The third-order valence-corrected chi connectivity index (χ3v) is 5.36. The van der Waals surface area contributed by atoms with Crippen LogP contribution in [0.15, 0.2) is 47.2 Å². The number of anilines is 1. The van der Waals surface area contributed by atoms with E-state index < -0.39 is 0 Å². The van der Waals surface area contributed by atoms with Crippen LogP contribution in [-0.4, -0.2) is 16.6 Å². The van der Waals surface area contributed by atoms with Crippen LogP contribution in [0.2, 0.25) is 0 Å². The molecular formula is C15H13BrN2OS. The van der Waals surface area contributed by atoms with E-state index in [-0.39, 0.29) is 11.3 Å². The zero-order valence-corrected chi connectivity index (χ0v) is 13.3. The second kappa shape index (κ2) is 5.58. The van der Waals surface area contributed by atoms with E-state index in [1.54, 1.807) is 18.0 Å². The van der Waals surface area contributed by atoms with Crippen molar-refractivity contribution >= 4 is 39.3 Å². The Hall–Kier alpha value is -1.33. The SMILES string of the molecule is Cc1cc(N2C(=O)CSC2c2cccnc2)ccc1Br. The first-order valence-electron chi connectivity index (χ1n) is 6.26. The maximum atomic E-state index is 12.2. The van der Waals surface area contributed by atoms with Crippen molar-refractivity contribution in [1.29, 1.82) is 0 Å². The van der Waals surface area contributed by atoms with Gasteiger partial charge >= 0.3 is 0 Å². The average molecular weight is 349 g/mol. The Balaban J connectivity index is 2.00. The molecule has 102 valence electrons. The number of aryl methyl sites for hydroxylation is 1. The van der Waals surface area contributed by atoms with Crippen molar-refractivity contribution in [3.63, 3.8) is 0 Å². The molecule has 3 nitrogen and oxygen atoms in total. The van der Waals surface area contributed by atoms with Gasteiger partial charge in [-0.3, -0.25) is 14.7 Å². The zero-order chi connectivity index (χ0) is 14.1. The van der Waals surface area contributed by atoms with Gasteiger partial charge in [0.15, 0.2) is 0 Å². The zero-order valence-electron chi connectivity index (χ0n) is 10.9. The van der Waals surface area contributed by atoms with Crippen molar-refractivity contribution < 1.29 is 4.79 Å². The highest BCUT2D eigenvalue weighted by Crippen LogP contribution is 2.41. The van der Waals surface area contributed by atoms with E-state index in [1.807, 2.05) is 48.4 Å². The second-order valence-electron chi connectivity index (χ2n) is 4.65. The molecule has 1 aliphatic heterocycles. The summed E-state index contributed by atoms with van der Waals surface area (Å²) in [6.45, 7) is 2.03. The quantitative estimate of drug-likeness (QED) is 0.824. The number of benzene rings is 1. The molecule has 0 N–H and O–H groups in total. The number of hydrogen-bond donors (Lipinski definition) is 0. The monoisotopic (exact) mass is 348 g/mol. The Labute approximate surface area is 130 Å². The summed E-state index contributed by atoms with van der Waals surface area (Å²) in [6, 6.07) is 9.92. The minimum Gasteiger partial charge on any atom is -0.295 e. The summed E-state index contributed by atoms with van der Waals surface area (Å²) in [5.74, 6) is 0.653. The Bertz CT molecular complexity index is 648. The molecule has 1 saturated heterocycles. The molecule has 5 heteroatoms. The van der Waals surface area contributed by atoms with E-state index >= 15 is 0 Å². The molecule has 0 aliphatic carbocycles. The maximum absolute atomic E-state index is 12.2. The van der Waals surface area contributed by atoms with E-state index in [1.165, 1.54) is 0 Å². The number of pyridine rings is 1. The van der Waals surface area contributed by atoms with Gasteiger partial charge in [-0.05, 0) is 36.8 Å². The third-order valence-electron chi connectivity index (χ3n) is 3.26. The number of aromatic nitrogens is 1. The fourth-order valence-electron chi connectivity index (χ4n) is 2.25. The van der Waals surface area contributed by atoms with Crippen LogP contribution >= 0.6 is 27.7 Å². The smallest absolute Gasteiger partial charge is 0.238 e. The van der Waals surface area contributed by atoms with Crippen LogP contribution < -0.4 is 4.90 Å². The van der Waals surface area contributed by atoms with Crippen LogP contribution in [0.4, 0.5) is 5.69 Å². The van der Waals surface area contributed by atoms with Crippen molar-refractivity contribution in [3.05, 3.63) is 58.3 Å². The lowest BCUT2D eigenvalue weighted by molar-refractivity contribution is -0.115. The Morgan fingerprint density at radius 3 is 2.95 bits per heavy atom. The van der Waals surface area contributed by atoms with Crippen molar-refractivity contribution in [1.82, 2.24) is 4.98 Å². The number of rotatable bonds is 2. The third kappa shape index (κ3) is 2.47. The van der Waals surface area contributed by atoms with Gasteiger partial charge < -0.3 is 0 Å². The summed E-state index contributed by atoms with van der Waals surface area (Å²) >= 11 is 5.14. The normalized spacial score (nSPS) is 18.6. The number of carbonyl (C=O) groups is 1. The number of thioether (sulfide) groups is 1. The molecule has 1 unspecified atom stereocenters. The summed E-state index contributed by atoms with van der Waals surface area (Å²) < 4.78 is 1.05. The number of amides is 1. The predicted octanol–water partition coefficient (Wildman–Crippen LogP) is 3.93. The molecule has 1 aromatic carbocycles. The van der Waals surface area contributed by atoms with E-state index in [2.05, 4.69) is 20.9 Å². The molecule has 0 bridgehead atoms. The summed E-state index contributed by atoms with van der Waals surface area (Å²) in [5, 5.41) is 0.0109. The number of halogens is 1. The molecule has 1 amide bonds. The first-order chi connectivity index (χ1) is 9.66. The van der Waals surface area contributed by atoms with Crippen LogP contribution in [0.3, 0.4) is 0 Å². The highest BCUT2D eigenvalue weighted by molar-refractivity contribution is 9.10. The molecule has 20 heavy (non-hydrogen) atoms. The van der Waals surface area contributed by atoms with Gasteiger partial charge in [0.25, 0.3) is 0 Å². The standard InChI is InChI=1S/C15H13BrN2OS/c1-10-7-12(4-5-13(10)16)18-14(19)9-20-15(18)11-3-2-6-17-8-11/h2-8,15H,9H2,1H3. The Kier molecular flexibility index (Phi) is 3.81. The highest BCUT2D eigenvalue weighted by Gasteiger charge is 2.34. The Morgan fingerprint density at radius 1 is 1.40 bits per heavy atom. The molecule has 0 saturated carbocycles.